The molecule has 0 radical (unpaired) electrons. The molecule has 6 rings (SSSR count). The number of piperidine rings is 3. The van der Waals surface area contributed by atoms with Gasteiger partial charge in [0.05, 0.1) is 17.8 Å². The third-order valence-electron chi connectivity index (χ3n) is 10.6. The van der Waals surface area contributed by atoms with Crippen LogP contribution in [0, 0.1) is 11.8 Å². The number of carbonyl (C=O) groups excluding carboxylic acids is 3. The van der Waals surface area contributed by atoms with Crippen LogP contribution in [0.2, 0.25) is 0 Å². The van der Waals surface area contributed by atoms with E-state index in [1.807, 2.05) is 16.3 Å². The predicted octanol–water partition coefficient (Wildman–Crippen LogP) is 5.82. The SMILES string of the molecule is CN1CCC(C2CCN(C(=O)[C@@H](Cc3cc(Br)c(N)c(C(F)(F)F)c3)NC(=O)N3CCC(N4Cc5ccsc5NC4=O)CC3)CC2)CC1. The lowest BCUT2D eigenvalue weighted by atomic mass is 9.79. The Morgan fingerprint density at radius 3 is 2.29 bits per heavy atom. The zero-order valence-electron chi connectivity index (χ0n) is 27.0. The minimum atomic E-state index is -4.68. The first-order chi connectivity index (χ1) is 22.9. The van der Waals surface area contributed by atoms with Gasteiger partial charge in [-0.1, -0.05) is 0 Å². The summed E-state index contributed by atoms with van der Waals surface area (Å²) in [5.41, 5.74) is 5.65. The number of anilines is 2. The summed E-state index contributed by atoms with van der Waals surface area (Å²) >= 11 is 4.65. The summed E-state index contributed by atoms with van der Waals surface area (Å²) in [6.45, 7) is 4.54. The quantitative estimate of drug-likeness (QED) is 0.322. The van der Waals surface area contributed by atoms with E-state index in [4.69, 9.17) is 5.73 Å². The number of nitrogens with two attached hydrogens (primary N) is 1. The van der Waals surface area contributed by atoms with Crippen molar-refractivity contribution in [2.45, 2.75) is 69.8 Å². The molecule has 4 aliphatic heterocycles. The van der Waals surface area contributed by atoms with Crippen molar-refractivity contribution in [3.05, 3.63) is 44.7 Å². The summed E-state index contributed by atoms with van der Waals surface area (Å²) in [7, 11) is 2.14. The maximum Gasteiger partial charge on any atom is 0.418 e. The molecule has 5 amide bonds. The summed E-state index contributed by atoms with van der Waals surface area (Å²) in [4.78, 5) is 48.0. The maximum atomic E-state index is 14.0. The number of nitrogens with one attached hydrogen (secondary N) is 2. The average Bonchev–Trinajstić information content (AvgIpc) is 3.52. The minimum Gasteiger partial charge on any atom is -0.397 e. The zero-order valence-corrected chi connectivity index (χ0v) is 29.4. The van der Waals surface area contributed by atoms with Crippen LogP contribution in [-0.4, -0.2) is 96.0 Å². The van der Waals surface area contributed by atoms with Gasteiger partial charge in [-0.2, -0.15) is 13.2 Å². The van der Waals surface area contributed by atoms with Gasteiger partial charge in [0.25, 0.3) is 0 Å². The number of nitrogens with zero attached hydrogens (tertiary/aromatic N) is 4. The van der Waals surface area contributed by atoms with Crippen LogP contribution in [0.15, 0.2) is 28.1 Å². The van der Waals surface area contributed by atoms with Crippen molar-refractivity contribution in [1.82, 2.24) is 24.9 Å². The smallest absolute Gasteiger partial charge is 0.397 e. The van der Waals surface area contributed by atoms with Crippen LogP contribution >= 0.6 is 27.3 Å². The summed E-state index contributed by atoms with van der Waals surface area (Å²) < 4.78 is 41.6. The van der Waals surface area contributed by atoms with Crippen molar-refractivity contribution in [3.63, 3.8) is 0 Å². The highest BCUT2D eigenvalue weighted by Crippen LogP contribution is 2.39. The Bertz CT molecular complexity index is 1500. The average molecular weight is 755 g/mol. The molecule has 0 bridgehead atoms. The van der Waals surface area contributed by atoms with Gasteiger partial charge >= 0.3 is 18.2 Å². The molecule has 15 heteroatoms. The Hall–Kier alpha value is -3.04. The van der Waals surface area contributed by atoms with Gasteiger partial charge < -0.3 is 30.7 Å². The molecule has 5 heterocycles. The minimum absolute atomic E-state index is 0.0432. The molecule has 1 aromatic carbocycles. The van der Waals surface area contributed by atoms with Crippen molar-refractivity contribution in [2.24, 2.45) is 11.8 Å². The van der Waals surface area contributed by atoms with Crippen molar-refractivity contribution in [1.29, 1.82) is 0 Å². The highest BCUT2D eigenvalue weighted by atomic mass is 79.9. The van der Waals surface area contributed by atoms with E-state index in [-0.39, 0.29) is 34.4 Å². The monoisotopic (exact) mass is 753 g/mol. The third kappa shape index (κ3) is 7.72. The Morgan fingerprint density at radius 1 is 1.02 bits per heavy atom. The molecule has 3 saturated heterocycles. The van der Waals surface area contributed by atoms with E-state index in [1.165, 1.54) is 17.4 Å². The topological polar surface area (TPSA) is 114 Å². The number of thiophene rings is 1. The molecule has 4 N–H and O–H groups in total. The molecular formula is C33H43BrF3N7O3S. The number of likely N-dealkylation sites (tertiary alicyclic amines) is 3. The summed E-state index contributed by atoms with van der Waals surface area (Å²) in [6.07, 6.45) is 0.391. The highest BCUT2D eigenvalue weighted by molar-refractivity contribution is 9.10. The van der Waals surface area contributed by atoms with E-state index in [0.29, 0.717) is 57.4 Å². The molecule has 2 aromatic rings. The largest absolute Gasteiger partial charge is 0.418 e. The summed E-state index contributed by atoms with van der Waals surface area (Å²) in [5.74, 6) is 0.874. The van der Waals surface area contributed by atoms with Gasteiger partial charge in [-0.05, 0) is 116 Å². The molecule has 0 spiro atoms. The van der Waals surface area contributed by atoms with E-state index in [2.05, 4.69) is 38.5 Å². The van der Waals surface area contributed by atoms with E-state index in [0.717, 1.165) is 55.4 Å². The van der Waals surface area contributed by atoms with E-state index >= 15 is 0 Å². The lowest BCUT2D eigenvalue weighted by Crippen LogP contribution is -2.57. The van der Waals surface area contributed by atoms with Gasteiger partial charge in [-0.15, -0.1) is 11.3 Å². The van der Waals surface area contributed by atoms with Gasteiger partial charge in [-0.3, -0.25) is 10.1 Å². The second-order valence-corrected chi connectivity index (χ2v) is 15.4. The van der Waals surface area contributed by atoms with E-state index in [1.54, 1.807) is 9.80 Å². The lowest BCUT2D eigenvalue weighted by Gasteiger charge is -2.41. The van der Waals surface area contributed by atoms with Crippen molar-refractivity contribution >= 4 is 55.9 Å². The molecule has 0 unspecified atom stereocenters. The molecule has 10 nitrogen and oxygen atoms in total. The normalized spacial score (nSPS) is 21.2. The maximum absolute atomic E-state index is 14.0. The van der Waals surface area contributed by atoms with E-state index < -0.39 is 29.5 Å². The molecule has 0 saturated carbocycles. The fourth-order valence-electron chi connectivity index (χ4n) is 7.68. The van der Waals surface area contributed by atoms with Gasteiger partial charge in [0.15, 0.2) is 0 Å². The zero-order chi connectivity index (χ0) is 34.2. The molecule has 262 valence electrons. The van der Waals surface area contributed by atoms with Gasteiger partial charge in [-0.25, -0.2) is 9.59 Å². The molecular weight excluding hydrogens is 711 g/mol. The van der Waals surface area contributed by atoms with Gasteiger partial charge in [0, 0.05) is 48.7 Å². The highest BCUT2D eigenvalue weighted by Gasteiger charge is 2.38. The number of benzene rings is 1. The van der Waals surface area contributed by atoms with Crippen molar-refractivity contribution < 1.29 is 27.6 Å². The molecule has 4 aliphatic rings. The fourth-order valence-corrected chi connectivity index (χ4v) is 8.99. The number of urea groups is 2. The number of fused-ring (bicyclic) bond motifs is 1. The van der Waals surface area contributed by atoms with Crippen LogP contribution in [0.5, 0.6) is 0 Å². The van der Waals surface area contributed by atoms with Crippen LogP contribution in [0.25, 0.3) is 0 Å². The molecule has 48 heavy (non-hydrogen) atoms. The standard InChI is InChI=1S/C33H43BrF3N7O3S/c1-41-9-2-21(3-10-41)22-4-11-42(12-5-22)30(45)27(18-20-16-25(33(35,36)37)28(38)26(34)17-20)39-31(46)43-13-6-24(7-14-43)44-19-23-8-15-48-29(23)40-32(44)47/h8,15-17,21-22,24,27H,2-7,9-14,18-19,38H2,1H3,(H,39,46)(H,40,47)/t27-/m1/s1. The number of halogens is 4. The summed E-state index contributed by atoms with van der Waals surface area (Å²) in [6, 6.07) is 2.76. The van der Waals surface area contributed by atoms with Crippen LogP contribution in [0.4, 0.5) is 33.4 Å². The summed E-state index contributed by atoms with van der Waals surface area (Å²) in [5, 5.41) is 8.65. The predicted molar refractivity (Wildman–Crippen MR) is 183 cm³/mol. The van der Waals surface area contributed by atoms with Crippen LogP contribution in [-0.2, 0) is 23.9 Å². The fraction of sp³-hybridized carbons (Fsp3) is 0.606. The Morgan fingerprint density at radius 2 is 1.65 bits per heavy atom. The molecule has 0 aliphatic carbocycles. The van der Waals surface area contributed by atoms with E-state index in [9.17, 15) is 27.6 Å². The molecule has 1 atom stereocenters. The Kier molecular flexibility index (Phi) is 10.5. The second-order valence-electron chi connectivity index (χ2n) is 13.6. The van der Waals surface area contributed by atoms with Gasteiger partial charge in [0.2, 0.25) is 5.91 Å². The molecule has 1 aromatic heterocycles. The van der Waals surface area contributed by atoms with Crippen LogP contribution < -0.4 is 16.4 Å². The Balaban J connectivity index is 1.13. The second kappa shape index (κ2) is 14.4. The number of nitrogen functional groups attached to an aromatic ring is 1. The number of rotatable bonds is 6. The number of amides is 5. The number of hydrogen-bond donors (Lipinski definition) is 3. The Labute approximate surface area is 291 Å². The molecule has 3 fully saturated rings. The number of carbonyl (C=O) groups is 3. The third-order valence-corrected chi connectivity index (χ3v) is 12.1. The number of hydrogen-bond acceptors (Lipinski definition) is 6. The first-order valence-electron chi connectivity index (χ1n) is 16.7. The van der Waals surface area contributed by atoms with Crippen molar-refractivity contribution in [2.75, 3.05) is 57.4 Å². The lowest BCUT2D eigenvalue weighted by molar-refractivity contribution is -0.137. The van der Waals surface area contributed by atoms with Crippen LogP contribution in [0.1, 0.15) is 55.2 Å². The first-order valence-corrected chi connectivity index (χ1v) is 18.4. The van der Waals surface area contributed by atoms with Crippen molar-refractivity contribution in [3.8, 4) is 0 Å². The van der Waals surface area contributed by atoms with Crippen LogP contribution in [0.3, 0.4) is 0 Å². The first kappa shape index (κ1) is 34.8. The number of alkyl halides is 3. The van der Waals surface area contributed by atoms with Gasteiger partial charge in [0.1, 0.15) is 11.0 Å².